The average molecular weight is 196 g/mol. The lowest BCUT2D eigenvalue weighted by Gasteiger charge is -2.44. The Kier molecular flexibility index (Phi) is 3.06. The first kappa shape index (κ1) is 9.97. The van der Waals surface area contributed by atoms with Gasteiger partial charge in [-0.05, 0) is 12.8 Å². The lowest BCUT2D eigenvalue weighted by Crippen LogP contribution is -2.54. The molecule has 0 spiro atoms. The van der Waals surface area contributed by atoms with Gasteiger partial charge in [-0.15, -0.1) is 0 Å². The molecular formula is C11H20N2O. The average Bonchev–Trinajstić information content (AvgIpc) is 2.27. The molecule has 2 atom stereocenters. The van der Waals surface area contributed by atoms with Gasteiger partial charge in [0.05, 0.1) is 24.6 Å². The van der Waals surface area contributed by atoms with Gasteiger partial charge in [0.1, 0.15) is 0 Å². The molecule has 2 rings (SSSR count). The molecule has 2 aliphatic rings. The first-order chi connectivity index (χ1) is 6.83. The van der Waals surface area contributed by atoms with Crippen LogP contribution < -0.4 is 0 Å². The molecular weight excluding hydrogens is 176 g/mol. The summed E-state index contributed by atoms with van der Waals surface area (Å²) in [6.45, 7) is 3.80. The van der Waals surface area contributed by atoms with Crippen LogP contribution in [-0.4, -0.2) is 36.0 Å². The highest BCUT2D eigenvalue weighted by atomic mass is 16.5. The number of hydrogen-bond donors (Lipinski definition) is 1. The van der Waals surface area contributed by atoms with Crippen LogP contribution in [0.3, 0.4) is 0 Å². The Morgan fingerprint density at radius 3 is 3.00 bits per heavy atom. The first-order valence-electron chi connectivity index (χ1n) is 5.78. The Hall–Kier alpha value is -0.570. The van der Waals surface area contributed by atoms with Gasteiger partial charge in [0.2, 0.25) is 0 Å². The van der Waals surface area contributed by atoms with Gasteiger partial charge >= 0.3 is 0 Å². The van der Waals surface area contributed by atoms with E-state index in [1.54, 1.807) is 0 Å². The van der Waals surface area contributed by atoms with E-state index in [4.69, 9.17) is 10.1 Å². The standard InChI is InChI=1S/C11H20N2O/c1-2-11(12)13-7-8-14-10-6-4-3-5-9(10)13/h9-10,12H,2-8H2,1H3. The molecule has 0 aromatic carbocycles. The van der Waals surface area contributed by atoms with E-state index in [1.165, 1.54) is 25.7 Å². The van der Waals surface area contributed by atoms with Gasteiger partial charge < -0.3 is 9.64 Å². The molecule has 2 fully saturated rings. The summed E-state index contributed by atoms with van der Waals surface area (Å²) in [5.41, 5.74) is 0. The molecule has 3 nitrogen and oxygen atoms in total. The molecule has 3 heteroatoms. The van der Waals surface area contributed by atoms with Crippen LogP contribution in [0.15, 0.2) is 0 Å². The van der Waals surface area contributed by atoms with Gasteiger partial charge in [-0.2, -0.15) is 0 Å². The summed E-state index contributed by atoms with van der Waals surface area (Å²) >= 11 is 0. The third-order valence-electron chi connectivity index (χ3n) is 3.41. The summed E-state index contributed by atoms with van der Waals surface area (Å²) < 4.78 is 5.77. The molecule has 80 valence electrons. The van der Waals surface area contributed by atoms with Crippen molar-refractivity contribution in [2.24, 2.45) is 0 Å². The molecule has 1 saturated carbocycles. The van der Waals surface area contributed by atoms with Crippen molar-refractivity contribution in [2.75, 3.05) is 13.2 Å². The summed E-state index contributed by atoms with van der Waals surface area (Å²) in [7, 11) is 0. The number of fused-ring (bicyclic) bond motifs is 1. The highest BCUT2D eigenvalue weighted by Gasteiger charge is 2.34. The Morgan fingerprint density at radius 1 is 1.43 bits per heavy atom. The fourth-order valence-electron chi connectivity index (χ4n) is 2.63. The lowest BCUT2D eigenvalue weighted by molar-refractivity contribution is -0.0644. The van der Waals surface area contributed by atoms with E-state index in [-0.39, 0.29) is 0 Å². The van der Waals surface area contributed by atoms with Gasteiger partial charge in [0.25, 0.3) is 0 Å². The van der Waals surface area contributed by atoms with E-state index >= 15 is 0 Å². The molecule has 0 aromatic rings. The smallest absolute Gasteiger partial charge is 0.0959 e. The summed E-state index contributed by atoms with van der Waals surface area (Å²) in [5, 5.41) is 7.93. The van der Waals surface area contributed by atoms with Gasteiger partial charge in [-0.1, -0.05) is 19.8 Å². The molecule has 2 unspecified atom stereocenters. The summed E-state index contributed by atoms with van der Waals surface area (Å²) in [4.78, 5) is 2.27. The number of nitrogens with one attached hydrogen (secondary N) is 1. The molecule has 1 heterocycles. The van der Waals surface area contributed by atoms with Crippen LogP contribution in [0.2, 0.25) is 0 Å². The predicted molar refractivity (Wildman–Crippen MR) is 56.7 cm³/mol. The number of hydrogen-bond acceptors (Lipinski definition) is 2. The molecule has 0 bridgehead atoms. The normalized spacial score (nSPS) is 32.5. The fourth-order valence-corrected chi connectivity index (χ4v) is 2.63. The maximum atomic E-state index is 7.93. The second-order valence-corrected chi connectivity index (χ2v) is 4.25. The number of amidine groups is 1. The molecule has 14 heavy (non-hydrogen) atoms. The fraction of sp³-hybridized carbons (Fsp3) is 0.909. The Balaban J connectivity index is 2.04. The van der Waals surface area contributed by atoms with Crippen molar-refractivity contribution in [2.45, 2.75) is 51.2 Å². The number of rotatable bonds is 1. The van der Waals surface area contributed by atoms with Crippen molar-refractivity contribution in [3.63, 3.8) is 0 Å². The van der Waals surface area contributed by atoms with Crippen molar-refractivity contribution in [1.29, 1.82) is 5.41 Å². The van der Waals surface area contributed by atoms with Crippen molar-refractivity contribution >= 4 is 5.84 Å². The second-order valence-electron chi connectivity index (χ2n) is 4.25. The molecule has 0 aromatic heterocycles. The van der Waals surface area contributed by atoms with Gasteiger partial charge in [-0.3, -0.25) is 5.41 Å². The van der Waals surface area contributed by atoms with Crippen LogP contribution in [0.1, 0.15) is 39.0 Å². The number of ether oxygens (including phenoxy) is 1. The third kappa shape index (κ3) is 1.78. The minimum Gasteiger partial charge on any atom is -0.374 e. The van der Waals surface area contributed by atoms with Gasteiger partial charge in [0.15, 0.2) is 0 Å². The minimum absolute atomic E-state index is 0.407. The molecule has 1 N–H and O–H groups in total. The first-order valence-corrected chi connectivity index (χ1v) is 5.78. The molecule has 1 aliphatic heterocycles. The van der Waals surface area contributed by atoms with Crippen LogP contribution in [0.5, 0.6) is 0 Å². The summed E-state index contributed by atoms with van der Waals surface area (Å²) in [6.07, 6.45) is 6.27. The van der Waals surface area contributed by atoms with E-state index < -0.39 is 0 Å². The van der Waals surface area contributed by atoms with E-state index in [9.17, 15) is 0 Å². The Morgan fingerprint density at radius 2 is 2.21 bits per heavy atom. The summed E-state index contributed by atoms with van der Waals surface area (Å²) in [5.74, 6) is 0.796. The van der Waals surface area contributed by atoms with Crippen molar-refractivity contribution in [3.05, 3.63) is 0 Å². The third-order valence-corrected chi connectivity index (χ3v) is 3.41. The summed E-state index contributed by atoms with van der Waals surface area (Å²) in [6, 6.07) is 0.505. The van der Waals surface area contributed by atoms with Crippen molar-refractivity contribution in [3.8, 4) is 0 Å². The highest BCUT2D eigenvalue weighted by Crippen LogP contribution is 2.28. The Bertz CT molecular complexity index is 215. The number of nitrogens with zero attached hydrogens (tertiary/aromatic N) is 1. The van der Waals surface area contributed by atoms with Crippen LogP contribution in [0.25, 0.3) is 0 Å². The zero-order valence-corrected chi connectivity index (χ0v) is 8.96. The van der Waals surface area contributed by atoms with Crippen molar-refractivity contribution in [1.82, 2.24) is 4.90 Å². The van der Waals surface area contributed by atoms with E-state index in [2.05, 4.69) is 11.8 Å². The molecule has 0 radical (unpaired) electrons. The van der Waals surface area contributed by atoms with E-state index in [1.807, 2.05) is 0 Å². The van der Waals surface area contributed by atoms with Crippen LogP contribution in [0, 0.1) is 5.41 Å². The van der Waals surface area contributed by atoms with Crippen LogP contribution in [-0.2, 0) is 4.74 Å². The largest absolute Gasteiger partial charge is 0.374 e. The van der Waals surface area contributed by atoms with Crippen LogP contribution in [0.4, 0.5) is 0 Å². The zero-order chi connectivity index (χ0) is 9.97. The van der Waals surface area contributed by atoms with Crippen LogP contribution >= 0.6 is 0 Å². The van der Waals surface area contributed by atoms with E-state index in [0.717, 1.165) is 25.4 Å². The topological polar surface area (TPSA) is 36.3 Å². The van der Waals surface area contributed by atoms with Crippen molar-refractivity contribution < 1.29 is 4.74 Å². The van der Waals surface area contributed by atoms with Gasteiger partial charge in [0, 0.05) is 13.0 Å². The monoisotopic (exact) mass is 196 g/mol. The molecule has 1 aliphatic carbocycles. The Labute approximate surface area is 85.9 Å². The van der Waals surface area contributed by atoms with E-state index in [0.29, 0.717) is 12.1 Å². The maximum Gasteiger partial charge on any atom is 0.0959 e. The highest BCUT2D eigenvalue weighted by molar-refractivity contribution is 5.79. The second kappa shape index (κ2) is 4.30. The predicted octanol–water partition coefficient (Wildman–Crippen LogP) is 2.02. The number of morpholine rings is 1. The zero-order valence-electron chi connectivity index (χ0n) is 8.96. The molecule has 1 saturated heterocycles. The lowest BCUT2D eigenvalue weighted by atomic mass is 9.90. The SMILES string of the molecule is CCC(=N)N1CCOC2CCCCC21. The molecule has 0 amide bonds. The minimum atomic E-state index is 0.407. The van der Waals surface area contributed by atoms with Gasteiger partial charge in [-0.25, -0.2) is 0 Å². The maximum absolute atomic E-state index is 7.93. The quantitative estimate of drug-likeness (QED) is 0.514.